The fourth-order valence-electron chi connectivity index (χ4n) is 3.83. The van der Waals surface area contributed by atoms with Crippen molar-refractivity contribution < 1.29 is 13.2 Å². The van der Waals surface area contributed by atoms with E-state index in [2.05, 4.69) is 32.1 Å². The number of aryl methyl sites for hydroxylation is 1. The summed E-state index contributed by atoms with van der Waals surface area (Å²) in [5.74, 6) is 0.847. The van der Waals surface area contributed by atoms with Crippen LogP contribution in [0, 0.1) is 0 Å². The van der Waals surface area contributed by atoms with Crippen molar-refractivity contribution in [1.82, 2.24) is 15.0 Å². The summed E-state index contributed by atoms with van der Waals surface area (Å²) >= 11 is 0. The van der Waals surface area contributed by atoms with Crippen molar-refractivity contribution in [3.8, 4) is 0 Å². The lowest BCUT2D eigenvalue weighted by Gasteiger charge is -2.26. The third-order valence-corrected chi connectivity index (χ3v) is 5.43. The fourth-order valence-corrected chi connectivity index (χ4v) is 3.83. The van der Waals surface area contributed by atoms with E-state index in [1.807, 2.05) is 6.20 Å². The molecule has 0 radical (unpaired) electrons. The number of alkyl halides is 3. The molecular formula is C20H23F3N6. The standard InChI is InChI=1S/C20H23F3N6/c1-2-13-9-25-17-16(13)18(28-12-27-17)29-7-6-19(24,11-29)10-26-15-5-3-4-14(8-15)20(21,22)23/h3-5,8-9,12,26H,2,6-7,10-11,24H2,1H3,(H,25,27,28). The molecule has 0 saturated carbocycles. The van der Waals surface area contributed by atoms with Crippen molar-refractivity contribution in [2.24, 2.45) is 5.73 Å². The highest BCUT2D eigenvalue weighted by Crippen LogP contribution is 2.33. The Balaban J connectivity index is 1.49. The number of halogens is 3. The second-order valence-electron chi connectivity index (χ2n) is 7.55. The molecule has 1 aliphatic heterocycles. The van der Waals surface area contributed by atoms with E-state index in [1.165, 1.54) is 12.4 Å². The topological polar surface area (TPSA) is 82.9 Å². The van der Waals surface area contributed by atoms with E-state index in [1.54, 1.807) is 6.07 Å². The molecule has 1 saturated heterocycles. The first-order chi connectivity index (χ1) is 13.8. The van der Waals surface area contributed by atoms with Crippen LogP contribution in [0.4, 0.5) is 24.7 Å². The van der Waals surface area contributed by atoms with Crippen LogP contribution in [0.5, 0.6) is 0 Å². The van der Waals surface area contributed by atoms with E-state index < -0.39 is 17.3 Å². The van der Waals surface area contributed by atoms with Crippen molar-refractivity contribution in [3.05, 3.63) is 47.9 Å². The summed E-state index contributed by atoms with van der Waals surface area (Å²) in [6.07, 6.45) is 0.679. The largest absolute Gasteiger partial charge is 0.416 e. The molecule has 9 heteroatoms. The Hall–Kier alpha value is -2.81. The first kappa shape index (κ1) is 19.5. The molecule has 1 unspecified atom stereocenters. The molecular weight excluding hydrogens is 381 g/mol. The quantitative estimate of drug-likeness (QED) is 0.606. The van der Waals surface area contributed by atoms with Gasteiger partial charge in [-0.3, -0.25) is 0 Å². The highest BCUT2D eigenvalue weighted by atomic mass is 19.4. The lowest BCUT2D eigenvalue weighted by Crippen LogP contribution is -2.48. The molecule has 4 rings (SSSR count). The molecule has 0 bridgehead atoms. The van der Waals surface area contributed by atoms with Crippen molar-refractivity contribution in [1.29, 1.82) is 0 Å². The number of hydrogen-bond donors (Lipinski definition) is 3. The smallest absolute Gasteiger partial charge is 0.383 e. The molecule has 0 amide bonds. The van der Waals surface area contributed by atoms with Gasteiger partial charge in [-0.2, -0.15) is 13.2 Å². The number of anilines is 2. The van der Waals surface area contributed by atoms with Crippen LogP contribution in [0.2, 0.25) is 0 Å². The molecule has 4 N–H and O–H groups in total. The minimum Gasteiger partial charge on any atom is -0.383 e. The molecule has 1 aromatic carbocycles. The van der Waals surface area contributed by atoms with Crippen LogP contribution in [0.15, 0.2) is 36.8 Å². The molecule has 1 fully saturated rings. The Morgan fingerprint density at radius 3 is 2.90 bits per heavy atom. The summed E-state index contributed by atoms with van der Waals surface area (Å²) in [5.41, 5.74) is 7.67. The summed E-state index contributed by atoms with van der Waals surface area (Å²) < 4.78 is 38.7. The average Bonchev–Trinajstić information content (AvgIpc) is 3.30. The Morgan fingerprint density at radius 1 is 1.31 bits per heavy atom. The number of benzene rings is 1. The third-order valence-electron chi connectivity index (χ3n) is 5.43. The number of rotatable bonds is 5. The van der Waals surface area contributed by atoms with E-state index in [9.17, 15) is 13.2 Å². The highest BCUT2D eigenvalue weighted by molar-refractivity contribution is 5.91. The van der Waals surface area contributed by atoms with Crippen LogP contribution in [0.1, 0.15) is 24.5 Å². The van der Waals surface area contributed by atoms with Crippen LogP contribution in [0.3, 0.4) is 0 Å². The van der Waals surface area contributed by atoms with Gasteiger partial charge >= 0.3 is 6.18 Å². The zero-order chi connectivity index (χ0) is 20.6. The number of H-pyrrole nitrogens is 1. The van der Waals surface area contributed by atoms with Gasteiger partial charge in [0.25, 0.3) is 0 Å². The molecule has 154 valence electrons. The third kappa shape index (κ3) is 3.87. The van der Waals surface area contributed by atoms with Crippen molar-refractivity contribution in [3.63, 3.8) is 0 Å². The minimum atomic E-state index is -4.37. The Kier molecular flexibility index (Phi) is 4.85. The number of nitrogens with zero attached hydrogens (tertiary/aromatic N) is 3. The Labute approximate surface area is 166 Å². The van der Waals surface area contributed by atoms with Gasteiger partial charge < -0.3 is 20.9 Å². The van der Waals surface area contributed by atoms with Gasteiger partial charge in [0.15, 0.2) is 0 Å². The van der Waals surface area contributed by atoms with E-state index >= 15 is 0 Å². The van der Waals surface area contributed by atoms with Crippen LogP contribution < -0.4 is 16.0 Å². The lowest BCUT2D eigenvalue weighted by molar-refractivity contribution is -0.137. The number of hydrogen-bond acceptors (Lipinski definition) is 5. The average molecular weight is 404 g/mol. The normalized spacial score (nSPS) is 19.8. The summed E-state index contributed by atoms with van der Waals surface area (Å²) in [4.78, 5) is 14.1. The number of nitrogens with two attached hydrogens (primary N) is 1. The number of fused-ring (bicyclic) bond motifs is 1. The molecule has 0 spiro atoms. The molecule has 1 atom stereocenters. The molecule has 2 aromatic heterocycles. The fraction of sp³-hybridized carbons (Fsp3) is 0.400. The van der Waals surface area contributed by atoms with Crippen molar-refractivity contribution in [2.45, 2.75) is 31.5 Å². The molecule has 6 nitrogen and oxygen atoms in total. The summed E-state index contributed by atoms with van der Waals surface area (Å²) in [6.45, 7) is 3.73. The van der Waals surface area contributed by atoms with Gasteiger partial charge in [-0.05, 0) is 36.6 Å². The maximum Gasteiger partial charge on any atom is 0.416 e. The number of aromatic amines is 1. The summed E-state index contributed by atoms with van der Waals surface area (Å²) in [7, 11) is 0. The van der Waals surface area contributed by atoms with Gasteiger partial charge in [-0.15, -0.1) is 0 Å². The second kappa shape index (κ2) is 7.22. The molecule has 29 heavy (non-hydrogen) atoms. The van der Waals surface area contributed by atoms with Gasteiger partial charge in [0, 0.05) is 31.5 Å². The van der Waals surface area contributed by atoms with Gasteiger partial charge in [0.2, 0.25) is 0 Å². The molecule has 3 aromatic rings. The molecule has 3 heterocycles. The monoisotopic (exact) mass is 404 g/mol. The van der Waals surface area contributed by atoms with Crippen LogP contribution in [0.25, 0.3) is 11.0 Å². The van der Waals surface area contributed by atoms with Gasteiger partial charge in [0.1, 0.15) is 17.8 Å². The Morgan fingerprint density at radius 2 is 2.14 bits per heavy atom. The maximum absolute atomic E-state index is 12.9. The SMILES string of the molecule is CCc1c[nH]c2ncnc(N3CCC(N)(CNc4cccc(C(F)(F)F)c4)C3)c12. The zero-order valence-corrected chi connectivity index (χ0v) is 16.1. The number of aromatic nitrogens is 3. The van der Waals surface area contributed by atoms with Crippen LogP contribution >= 0.6 is 0 Å². The number of nitrogens with one attached hydrogen (secondary N) is 2. The highest BCUT2D eigenvalue weighted by Gasteiger charge is 2.36. The minimum absolute atomic E-state index is 0.368. The first-order valence-electron chi connectivity index (χ1n) is 9.55. The van der Waals surface area contributed by atoms with E-state index in [0.717, 1.165) is 47.5 Å². The van der Waals surface area contributed by atoms with Gasteiger partial charge in [0.05, 0.1) is 16.5 Å². The van der Waals surface area contributed by atoms with E-state index in [4.69, 9.17) is 5.73 Å². The van der Waals surface area contributed by atoms with Crippen molar-refractivity contribution in [2.75, 3.05) is 29.9 Å². The molecule has 0 aliphatic carbocycles. The predicted octanol–water partition coefficient (Wildman–Crippen LogP) is 3.56. The lowest BCUT2D eigenvalue weighted by atomic mass is 10.00. The van der Waals surface area contributed by atoms with Gasteiger partial charge in [-0.25, -0.2) is 9.97 Å². The summed E-state index contributed by atoms with van der Waals surface area (Å²) in [5, 5.41) is 4.08. The zero-order valence-electron chi connectivity index (χ0n) is 16.1. The van der Waals surface area contributed by atoms with Crippen LogP contribution in [-0.2, 0) is 12.6 Å². The van der Waals surface area contributed by atoms with Gasteiger partial charge in [-0.1, -0.05) is 13.0 Å². The maximum atomic E-state index is 12.9. The second-order valence-corrected chi connectivity index (χ2v) is 7.55. The predicted molar refractivity (Wildman–Crippen MR) is 107 cm³/mol. The Bertz CT molecular complexity index is 1010. The van der Waals surface area contributed by atoms with Crippen LogP contribution in [-0.4, -0.2) is 40.1 Å². The molecule has 1 aliphatic rings. The first-order valence-corrected chi connectivity index (χ1v) is 9.55. The summed E-state index contributed by atoms with van der Waals surface area (Å²) in [6, 6.07) is 5.18. The van der Waals surface area contributed by atoms with E-state index in [0.29, 0.717) is 25.2 Å². The van der Waals surface area contributed by atoms with E-state index in [-0.39, 0.29) is 0 Å². The van der Waals surface area contributed by atoms with Crippen molar-refractivity contribution >= 4 is 22.5 Å².